The first-order valence-corrected chi connectivity index (χ1v) is 7.22. The number of nitrogens with zero attached hydrogens (tertiary/aromatic N) is 4. The van der Waals surface area contributed by atoms with Gasteiger partial charge in [-0.15, -0.1) is 0 Å². The van der Waals surface area contributed by atoms with Gasteiger partial charge in [0.2, 0.25) is 5.95 Å². The molecule has 0 unspecified atom stereocenters. The third-order valence-electron chi connectivity index (χ3n) is 3.41. The fourth-order valence-electron chi connectivity index (χ4n) is 2.46. The number of nitrogen functional groups attached to an aromatic ring is 1. The van der Waals surface area contributed by atoms with Gasteiger partial charge in [-0.2, -0.15) is 9.97 Å². The molecule has 0 aliphatic heterocycles. The zero-order chi connectivity index (χ0) is 14.1. The fraction of sp³-hybridized carbons (Fsp3) is 0.385. The second kappa shape index (κ2) is 5.50. The number of hydrogen-bond acceptors (Lipinski definition) is 5. The molecule has 0 bridgehead atoms. The highest BCUT2D eigenvalue weighted by Gasteiger charge is 2.22. The molecule has 104 valence electrons. The second-order valence-electron chi connectivity index (χ2n) is 4.84. The van der Waals surface area contributed by atoms with Crippen molar-refractivity contribution in [2.45, 2.75) is 31.6 Å². The van der Waals surface area contributed by atoms with E-state index in [0.29, 0.717) is 27.5 Å². The molecule has 2 heterocycles. The lowest BCUT2D eigenvalue weighted by atomic mass is 10.1. The molecule has 1 saturated carbocycles. The van der Waals surface area contributed by atoms with E-state index in [4.69, 9.17) is 28.9 Å². The molecule has 0 amide bonds. The molecule has 20 heavy (non-hydrogen) atoms. The number of nitrogens with two attached hydrogens (primary N) is 1. The van der Waals surface area contributed by atoms with E-state index in [1.165, 1.54) is 19.0 Å². The Morgan fingerprint density at radius 2 is 1.85 bits per heavy atom. The highest BCUT2D eigenvalue weighted by atomic mass is 35.5. The Kier molecular flexibility index (Phi) is 3.72. The maximum atomic E-state index is 6.14. The Labute approximate surface area is 126 Å². The summed E-state index contributed by atoms with van der Waals surface area (Å²) in [5.41, 5.74) is 6.26. The summed E-state index contributed by atoms with van der Waals surface area (Å²) in [5, 5.41) is 0.872. The minimum absolute atomic E-state index is 0.199. The van der Waals surface area contributed by atoms with Crippen LogP contribution >= 0.6 is 23.2 Å². The highest BCUT2D eigenvalue weighted by molar-refractivity contribution is 6.35. The Morgan fingerprint density at radius 1 is 1.10 bits per heavy atom. The van der Waals surface area contributed by atoms with Gasteiger partial charge < -0.3 is 5.73 Å². The van der Waals surface area contributed by atoms with Crippen molar-refractivity contribution in [2.24, 2.45) is 0 Å². The molecule has 0 atom stereocenters. The lowest BCUT2D eigenvalue weighted by Crippen LogP contribution is -2.08. The summed E-state index contributed by atoms with van der Waals surface area (Å²) >= 11 is 12.0. The molecule has 0 radical (unpaired) electrons. The minimum atomic E-state index is 0.199. The van der Waals surface area contributed by atoms with E-state index in [0.717, 1.165) is 18.7 Å². The highest BCUT2D eigenvalue weighted by Crippen LogP contribution is 2.33. The minimum Gasteiger partial charge on any atom is -0.368 e. The Morgan fingerprint density at radius 3 is 2.55 bits per heavy atom. The molecular formula is C13H13Cl2N5. The van der Waals surface area contributed by atoms with Crippen LogP contribution in [-0.2, 0) is 0 Å². The third-order valence-corrected chi connectivity index (χ3v) is 3.90. The van der Waals surface area contributed by atoms with Crippen molar-refractivity contribution in [2.75, 3.05) is 5.73 Å². The summed E-state index contributed by atoms with van der Waals surface area (Å²) < 4.78 is 0. The van der Waals surface area contributed by atoms with Gasteiger partial charge in [0.1, 0.15) is 11.5 Å². The molecule has 0 spiro atoms. The normalized spacial score (nSPS) is 15.7. The molecule has 7 heteroatoms. The van der Waals surface area contributed by atoms with Crippen LogP contribution in [0.4, 0.5) is 5.95 Å². The SMILES string of the molecule is Nc1nc(-c2ncc(Cl)cc2Cl)nc(C2CCCC2)n1. The van der Waals surface area contributed by atoms with Crippen LogP contribution in [0.5, 0.6) is 0 Å². The van der Waals surface area contributed by atoms with Crippen molar-refractivity contribution in [3.8, 4) is 11.5 Å². The van der Waals surface area contributed by atoms with Gasteiger partial charge in [-0.3, -0.25) is 0 Å². The maximum absolute atomic E-state index is 6.14. The van der Waals surface area contributed by atoms with Crippen molar-refractivity contribution in [3.63, 3.8) is 0 Å². The zero-order valence-corrected chi connectivity index (χ0v) is 12.2. The van der Waals surface area contributed by atoms with Crippen molar-refractivity contribution >= 4 is 29.2 Å². The number of aromatic nitrogens is 4. The first-order chi connectivity index (χ1) is 9.63. The van der Waals surface area contributed by atoms with Crippen LogP contribution in [-0.4, -0.2) is 19.9 Å². The second-order valence-corrected chi connectivity index (χ2v) is 5.68. The Balaban J connectivity index is 2.04. The molecule has 2 aromatic rings. The predicted molar refractivity (Wildman–Crippen MR) is 78.7 cm³/mol. The lowest BCUT2D eigenvalue weighted by Gasteiger charge is -2.10. The van der Waals surface area contributed by atoms with Gasteiger partial charge in [0.25, 0.3) is 0 Å². The van der Waals surface area contributed by atoms with E-state index in [1.807, 2.05) is 0 Å². The van der Waals surface area contributed by atoms with Crippen molar-refractivity contribution in [1.29, 1.82) is 0 Å². The van der Waals surface area contributed by atoms with E-state index in [2.05, 4.69) is 19.9 Å². The number of pyridine rings is 1. The van der Waals surface area contributed by atoms with E-state index in [1.54, 1.807) is 6.07 Å². The number of rotatable bonds is 2. The molecule has 0 saturated heterocycles. The summed E-state index contributed by atoms with van der Waals surface area (Å²) in [6.45, 7) is 0. The van der Waals surface area contributed by atoms with Crippen molar-refractivity contribution in [3.05, 3.63) is 28.1 Å². The van der Waals surface area contributed by atoms with Crippen LogP contribution in [0.25, 0.3) is 11.5 Å². The summed E-state index contributed by atoms with van der Waals surface area (Å²) in [6.07, 6.45) is 6.09. The van der Waals surface area contributed by atoms with Crippen LogP contribution in [0.1, 0.15) is 37.4 Å². The van der Waals surface area contributed by atoms with Crippen LogP contribution in [0.2, 0.25) is 10.0 Å². The van der Waals surface area contributed by atoms with Gasteiger partial charge in [0.05, 0.1) is 10.0 Å². The van der Waals surface area contributed by atoms with E-state index < -0.39 is 0 Å². The monoisotopic (exact) mass is 309 g/mol. The average Bonchev–Trinajstić information content (AvgIpc) is 2.91. The van der Waals surface area contributed by atoms with Crippen LogP contribution in [0.15, 0.2) is 12.3 Å². The summed E-state index contributed by atoms with van der Waals surface area (Å²) in [6, 6.07) is 1.61. The number of halogens is 2. The van der Waals surface area contributed by atoms with Gasteiger partial charge in [0.15, 0.2) is 5.82 Å². The first-order valence-electron chi connectivity index (χ1n) is 6.46. The van der Waals surface area contributed by atoms with E-state index >= 15 is 0 Å². The van der Waals surface area contributed by atoms with Crippen LogP contribution < -0.4 is 5.73 Å². The summed E-state index contributed by atoms with van der Waals surface area (Å²) in [5.74, 6) is 1.69. The Hall–Kier alpha value is -1.46. The van der Waals surface area contributed by atoms with Gasteiger partial charge in [-0.1, -0.05) is 36.0 Å². The summed E-state index contributed by atoms with van der Waals surface area (Å²) in [4.78, 5) is 17.0. The predicted octanol–water partition coefficient (Wildman–Crippen LogP) is 3.48. The van der Waals surface area contributed by atoms with Crippen LogP contribution in [0.3, 0.4) is 0 Å². The van der Waals surface area contributed by atoms with E-state index in [-0.39, 0.29) is 5.95 Å². The molecule has 0 aromatic carbocycles. The molecule has 2 N–H and O–H groups in total. The molecule has 3 rings (SSSR count). The van der Waals surface area contributed by atoms with Gasteiger partial charge in [0, 0.05) is 12.1 Å². The van der Waals surface area contributed by atoms with E-state index in [9.17, 15) is 0 Å². The molecule has 2 aromatic heterocycles. The smallest absolute Gasteiger partial charge is 0.223 e. The van der Waals surface area contributed by atoms with Crippen molar-refractivity contribution < 1.29 is 0 Å². The van der Waals surface area contributed by atoms with Gasteiger partial charge in [-0.25, -0.2) is 9.97 Å². The fourth-order valence-corrected chi connectivity index (χ4v) is 2.93. The molecule has 5 nitrogen and oxygen atoms in total. The van der Waals surface area contributed by atoms with Gasteiger partial charge in [-0.05, 0) is 18.9 Å². The molecule has 1 aliphatic carbocycles. The Bertz CT molecular complexity index is 641. The van der Waals surface area contributed by atoms with Crippen LogP contribution in [0, 0.1) is 0 Å². The summed E-state index contributed by atoms with van der Waals surface area (Å²) in [7, 11) is 0. The van der Waals surface area contributed by atoms with Crippen molar-refractivity contribution in [1.82, 2.24) is 19.9 Å². The molecule has 1 fully saturated rings. The molecule has 1 aliphatic rings. The first kappa shape index (κ1) is 13.5. The topological polar surface area (TPSA) is 77.6 Å². The maximum Gasteiger partial charge on any atom is 0.223 e. The quantitative estimate of drug-likeness (QED) is 0.919. The zero-order valence-electron chi connectivity index (χ0n) is 10.7. The van der Waals surface area contributed by atoms with Gasteiger partial charge >= 0.3 is 0 Å². The third kappa shape index (κ3) is 2.69. The number of anilines is 1. The number of hydrogen-bond donors (Lipinski definition) is 1. The average molecular weight is 310 g/mol. The standard InChI is InChI=1S/C13H13Cl2N5/c14-8-5-9(15)10(17-6-8)12-18-11(19-13(16)20-12)7-3-1-2-4-7/h5-7H,1-4H2,(H2,16,18,19,20). The molecular weight excluding hydrogens is 297 g/mol. The lowest BCUT2D eigenvalue weighted by molar-refractivity contribution is 0.664. The largest absolute Gasteiger partial charge is 0.368 e.